The summed E-state index contributed by atoms with van der Waals surface area (Å²) in [6, 6.07) is 0. The van der Waals surface area contributed by atoms with Crippen molar-refractivity contribution in [3.05, 3.63) is 0 Å². The molecule has 68 valence electrons. The SMILES string of the molecule is CC(=O)[O-].CC(=O)[O-].CCBr. The summed E-state index contributed by atoms with van der Waals surface area (Å²) in [4.78, 5) is 17.8. The zero-order valence-electron chi connectivity index (χ0n) is 6.72. The van der Waals surface area contributed by atoms with Crippen molar-refractivity contribution in [3.8, 4) is 0 Å². The Labute approximate surface area is 74.4 Å². The first-order chi connectivity index (χ1) is 4.88. The molecule has 11 heavy (non-hydrogen) atoms. The van der Waals surface area contributed by atoms with Crippen LogP contribution in [0.4, 0.5) is 0 Å². The van der Waals surface area contributed by atoms with Gasteiger partial charge < -0.3 is 19.8 Å². The van der Waals surface area contributed by atoms with Crippen LogP contribution in [-0.2, 0) is 9.59 Å². The second kappa shape index (κ2) is 16.2. The average molecular weight is 227 g/mol. The Morgan fingerprint density at radius 1 is 1.18 bits per heavy atom. The number of halogens is 1. The molecule has 0 saturated carbocycles. The van der Waals surface area contributed by atoms with Gasteiger partial charge >= 0.3 is 0 Å². The second-order valence-electron chi connectivity index (χ2n) is 1.25. The van der Waals surface area contributed by atoms with Crippen molar-refractivity contribution in [2.45, 2.75) is 20.8 Å². The number of carboxylic acid groups (broad SMARTS) is 2. The van der Waals surface area contributed by atoms with E-state index in [0.29, 0.717) is 0 Å². The molecule has 0 bridgehead atoms. The van der Waals surface area contributed by atoms with E-state index in [9.17, 15) is 0 Å². The standard InChI is InChI=1S/C2H5Br.2C2H4O2/c1-2-3;2*1-2(3)4/h2H2,1H3;2*1H3,(H,3,4)/p-2. The van der Waals surface area contributed by atoms with Gasteiger partial charge in [0.1, 0.15) is 0 Å². The molecule has 0 atom stereocenters. The lowest BCUT2D eigenvalue weighted by atomic mass is 10.9. The summed E-state index contributed by atoms with van der Waals surface area (Å²) in [6.45, 7) is 3.99. The molecule has 0 heterocycles. The monoisotopic (exact) mass is 226 g/mol. The third kappa shape index (κ3) is 1540. The lowest BCUT2D eigenvalue weighted by Gasteiger charge is -1.77. The number of alkyl halides is 1. The molecule has 0 N–H and O–H groups in total. The quantitative estimate of drug-likeness (QED) is 0.492. The molecule has 5 heteroatoms. The third-order valence-corrected chi connectivity index (χ3v) is 0. The minimum absolute atomic E-state index is 0.972. The summed E-state index contributed by atoms with van der Waals surface area (Å²) >= 11 is 3.15. The average Bonchev–Trinajstić information content (AvgIpc) is 1.60. The number of aliphatic carboxylic acids is 2. The molecular formula is C6H11BrO4-2. The van der Waals surface area contributed by atoms with E-state index in [4.69, 9.17) is 19.8 Å². The van der Waals surface area contributed by atoms with Gasteiger partial charge in [-0.15, -0.1) is 0 Å². The molecule has 0 aromatic heterocycles. The molecule has 0 amide bonds. The zero-order chi connectivity index (χ0) is 9.86. The van der Waals surface area contributed by atoms with Crippen molar-refractivity contribution in [2.75, 3.05) is 5.33 Å². The summed E-state index contributed by atoms with van der Waals surface area (Å²) in [6.07, 6.45) is 0. The van der Waals surface area contributed by atoms with Gasteiger partial charge in [0.15, 0.2) is 0 Å². The normalized spacial score (nSPS) is 6.18. The molecule has 0 fully saturated rings. The zero-order valence-corrected chi connectivity index (χ0v) is 8.30. The number of rotatable bonds is 0. The first-order valence-corrected chi connectivity index (χ1v) is 3.91. The Morgan fingerprint density at radius 3 is 1.18 bits per heavy atom. The number of carbonyl (C=O) groups excluding carboxylic acids is 2. The van der Waals surface area contributed by atoms with Gasteiger partial charge in [0, 0.05) is 17.3 Å². The minimum atomic E-state index is -1.08. The van der Waals surface area contributed by atoms with Crippen LogP contribution in [0.5, 0.6) is 0 Å². The Bertz CT molecular complexity index is 82.8. The van der Waals surface area contributed by atoms with Gasteiger partial charge in [-0.25, -0.2) is 0 Å². The van der Waals surface area contributed by atoms with Gasteiger partial charge in [0.25, 0.3) is 0 Å². The minimum Gasteiger partial charge on any atom is -0.550 e. The van der Waals surface area contributed by atoms with E-state index in [0.717, 1.165) is 19.2 Å². The molecule has 0 unspecified atom stereocenters. The Hall–Kier alpha value is -0.580. The number of hydrogen-bond acceptors (Lipinski definition) is 4. The maximum absolute atomic E-state index is 8.89. The lowest BCUT2D eigenvalue weighted by molar-refractivity contribution is -0.303. The Balaban J connectivity index is -0.0000000886. The summed E-state index contributed by atoms with van der Waals surface area (Å²) in [5.74, 6) is -2.17. The van der Waals surface area contributed by atoms with Crippen LogP contribution in [0.3, 0.4) is 0 Å². The van der Waals surface area contributed by atoms with Crippen molar-refractivity contribution in [1.29, 1.82) is 0 Å². The highest BCUT2D eigenvalue weighted by Crippen LogP contribution is 1.67. The summed E-state index contributed by atoms with van der Waals surface area (Å²) in [5, 5.41) is 18.8. The summed E-state index contributed by atoms with van der Waals surface area (Å²) in [5.41, 5.74) is 0. The maximum Gasteiger partial charge on any atom is 0.0383 e. The number of carboxylic acids is 2. The lowest BCUT2D eigenvalue weighted by Crippen LogP contribution is -2.16. The van der Waals surface area contributed by atoms with Gasteiger partial charge in [-0.1, -0.05) is 22.9 Å². The van der Waals surface area contributed by atoms with Gasteiger partial charge in [-0.2, -0.15) is 0 Å². The largest absolute Gasteiger partial charge is 0.550 e. The molecule has 0 aliphatic carbocycles. The fourth-order valence-corrected chi connectivity index (χ4v) is 0. The predicted molar refractivity (Wildman–Crippen MR) is 40.8 cm³/mol. The van der Waals surface area contributed by atoms with Crippen molar-refractivity contribution < 1.29 is 19.8 Å². The maximum atomic E-state index is 8.89. The van der Waals surface area contributed by atoms with E-state index in [-0.39, 0.29) is 0 Å². The van der Waals surface area contributed by atoms with Crippen LogP contribution in [0, 0.1) is 0 Å². The van der Waals surface area contributed by atoms with E-state index in [1.807, 2.05) is 6.92 Å². The number of hydrogen-bond donors (Lipinski definition) is 0. The molecule has 0 aliphatic rings. The fraction of sp³-hybridized carbons (Fsp3) is 0.667. The van der Waals surface area contributed by atoms with E-state index >= 15 is 0 Å². The highest BCUT2D eigenvalue weighted by atomic mass is 79.9. The smallest absolute Gasteiger partial charge is 0.0383 e. The van der Waals surface area contributed by atoms with Gasteiger partial charge in [-0.05, 0) is 13.8 Å². The van der Waals surface area contributed by atoms with Crippen LogP contribution in [0.15, 0.2) is 0 Å². The number of carbonyl (C=O) groups is 2. The predicted octanol–water partition coefficient (Wildman–Crippen LogP) is -1.09. The fourth-order valence-electron chi connectivity index (χ4n) is 0. The highest BCUT2D eigenvalue weighted by Gasteiger charge is 1.46. The topological polar surface area (TPSA) is 80.3 Å². The van der Waals surface area contributed by atoms with Gasteiger partial charge in [-0.3, -0.25) is 0 Å². The summed E-state index contributed by atoms with van der Waals surface area (Å²) < 4.78 is 0. The van der Waals surface area contributed by atoms with E-state index in [1.165, 1.54) is 0 Å². The highest BCUT2D eigenvalue weighted by molar-refractivity contribution is 9.09. The molecule has 0 spiro atoms. The van der Waals surface area contributed by atoms with Gasteiger partial charge in [0.05, 0.1) is 0 Å². The Morgan fingerprint density at radius 2 is 1.18 bits per heavy atom. The molecule has 0 aliphatic heterocycles. The van der Waals surface area contributed by atoms with Crippen LogP contribution in [0.2, 0.25) is 0 Å². The van der Waals surface area contributed by atoms with Crippen LogP contribution in [0.1, 0.15) is 20.8 Å². The van der Waals surface area contributed by atoms with Crippen molar-refractivity contribution in [1.82, 2.24) is 0 Å². The molecule has 0 rings (SSSR count). The van der Waals surface area contributed by atoms with E-state index < -0.39 is 11.9 Å². The van der Waals surface area contributed by atoms with Crippen LogP contribution in [0.25, 0.3) is 0 Å². The summed E-state index contributed by atoms with van der Waals surface area (Å²) in [7, 11) is 0. The van der Waals surface area contributed by atoms with Crippen molar-refractivity contribution in [2.24, 2.45) is 0 Å². The Kier molecular flexibility index (Phi) is 24.7. The first-order valence-electron chi connectivity index (χ1n) is 2.79. The molecular weight excluding hydrogens is 216 g/mol. The van der Waals surface area contributed by atoms with E-state index in [1.54, 1.807) is 0 Å². The van der Waals surface area contributed by atoms with Crippen LogP contribution in [-0.4, -0.2) is 17.3 Å². The van der Waals surface area contributed by atoms with Crippen molar-refractivity contribution in [3.63, 3.8) is 0 Å². The first kappa shape index (κ1) is 16.8. The molecule has 0 aromatic carbocycles. The molecule has 0 radical (unpaired) electrons. The van der Waals surface area contributed by atoms with Crippen LogP contribution < -0.4 is 10.2 Å². The van der Waals surface area contributed by atoms with Crippen LogP contribution >= 0.6 is 15.9 Å². The molecule has 4 nitrogen and oxygen atoms in total. The third-order valence-electron chi connectivity index (χ3n) is 0. The van der Waals surface area contributed by atoms with Crippen molar-refractivity contribution >= 4 is 27.9 Å². The molecule has 0 saturated heterocycles. The van der Waals surface area contributed by atoms with E-state index in [2.05, 4.69) is 15.9 Å². The molecule has 0 aromatic rings. The second-order valence-corrected chi connectivity index (χ2v) is 2.37. The van der Waals surface area contributed by atoms with Gasteiger partial charge in [0.2, 0.25) is 0 Å².